The number of esters is 1. The highest BCUT2D eigenvalue weighted by Gasteiger charge is 2.53. The lowest BCUT2D eigenvalue weighted by Gasteiger charge is -2.51. The Balaban J connectivity index is 1.99. The Labute approximate surface area is 108 Å². The van der Waals surface area contributed by atoms with Gasteiger partial charge in [-0.25, -0.2) is 4.79 Å². The summed E-state index contributed by atoms with van der Waals surface area (Å²) in [5.74, 6) is 0.106. The Morgan fingerprint density at radius 3 is 2.94 bits per heavy atom. The van der Waals surface area contributed by atoms with E-state index in [0.29, 0.717) is 0 Å². The van der Waals surface area contributed by atoms with Crippen LogP contribution in [0.1, 0.15) is 39.5 Å². The van der Waals surface area contributed by atoms with Gasteiger partial charge >= 0.3 is 5.97 Å². The Morgan fingerprint density at radius 1 is 1.50 bits per heavy atom. The monoisotopic (exact) mass is 248 g/mol. The maximum atomic E-state index is 11.6. The maximum Gasteiger partial charge on any atom is 0.334 e. The van der Waals surface area contributed by atoms with Crippen LogP contribution >= 0.6 is 0 Å². The minimum Gasteiger partial charge on any atom is -0.454 e. The fourth-order valence-corrected chi connectivity index (χ4v) is 3.91. The van der Waals surface area contributed by atoms with Gasteiger partial charge in [-0.15, -0.1) is 0 Å². The molecule has 0 amide bonds. The summed E-state index contributed by atoms with van der Waals surface area (Å²) in [7, 11) is 0. The molecule has 2 aliphatic carbocycles. The highest BCUT2D eigenvalue weighted by atomic mass is 16.5. The average Bonchev–Trinajstić information content (AvgIpc) is 2.58. The number of hydrogen-bond acceptors (Lipinski definition) is 3. The fraction of sp³-hybridized carbons (Fsp3) is 0.667. The van der Waals surface area contributed by atoms with Crippen LogP contribution in [-0.2, 0) is 9.53 Å². The van der Waals surface area contributed by atoms with Gasteiger partial charge in [-0.2, -0.15) is 0 Å². The SMILES string of the molecule is C=C1CC[C@@H](O)[C@@]2(C)C[C@@H]3OC(=O)C(C)=C3C[C@H]12. The van der Waals surface area contributed by atoms with E-state index in [1.807, 2.05) is 6.92 Å². The molecule has 3 aliphatic rings. The number of aliphatic hydroxyl groups excluding tert-OH is 1. The molecule has 18 heavy (non-hydrogen) atoms. The van der Waals surface area contributed by atoms with Crippen molar-refractivity contribution in [3.63, 3.8) is 0 Å². The number of fused-ring (bicyclic) bond motifs is 2. The van der Waals surface area contributed by atoms with Crippen molar-refractivity contribution < 1.29 is 14.6 Å². The number of hydrogen-bond donors (Lipinski definition) is 1. The van der Waals surface area contributed by atoms with E-state index < -0.39 is 0 Å². The molecule has 3 nitrogen and oxygen atoms in total. The van der Waals surface area contributed by atoms with E-state index in [1.54, 1.807) is 0 Å². The summed E-state index contributed by atoms with van der Waals surface area (Å²) in [4.78, 5) is 11.6. The van der Waals surface area contributed by atoms with Gasteiger partial charge in [0.2, 0.25) is 0 Å². The van der Waals surface area contributed by atoms with Crippen LogP contribution in [0.25, 0.3) is 0 Å². The Kier molecular flexibility index (Phi) is 2.46. The lowest BCUT2D eigenvalue weighted by atomic mass is 9.56. The molecule has 0 unspecified atom stereocenters. The first-order valence-electron chi connectivity index (χ1n) is 6.70. The molecule has 0 aromatic heterocycles. The molecule has 3 rings (SSSR count). The van der Waals surface area contributed by atoms with Gasteiger partial charge in [0.05, 0.1) is 6.10 Å². The van der Waals surface area contributed by atoms with Crippen molar-refractivity contribution in [3.05, 3.63) is 23.3 Å². The molecular weight excluding hydrogens is 228 g/mol. The fourth-order valence-electron chi connectivity index (χ4n) is 3.91. The van der Waals surface area contributed by atoms with Crippen LogP contribution in [0.3, 0.4) is 0 Å². The zero-order valence-electron chi connectivity index (χ0n) is 11.0. The second-order valence-electron chi connectivity index (χ2n) is 6.22. The molecule has 0 aromatic rings. The van der Waals surface area contributed by atoms with E-state index in [1.165, 1.54) is 5.57 Å². The number of rotatable bonds is 0. The van der Waals surface area contributed by atoms with E-state index in [4.69, 9.17) is 4.74 Å². The minimum atomic E-state index is -0.311. The quantitative estimate of drug-likeness (QED) is 0.529. The van der Waals surface area contributed by atoms with Gasteiger partial charge < -0.3 is 9.84 Å². The summed E-state index contributed by atoms with van der Waals surface area (Å²) < 4.78 is 5.42. The van der Waals surface area contributed by atoms with E-state index in [2.05, 4.69) is 13.5 Å². The molecule has 1 N–H and O–H groups in total. The van der Waals surface area contributed by atoms with Crippen LogP contribution in [0.4, 0.5) is 0 Å². The van der Waals surface area contributed by atoms with Crippen LogP contribution in [0, 0.1) is 11.3 Å². The predicted octanol–water partition coefficient (Wildman–Crippen LogP) is 2.36. The predicted molar refractivity (Wildman–Crippen MR) is 67.8 cm³/mol. The number of carbonyl (C=O) groups is 1. The summed E-state index contributed by atoms with van der Waals surface area (Å²) in [6.45, 7) is 8.14. The largest absolute Gasteiger partial charge is 0.454 e. The van der Waals surface area contributed by atoms with Crippen LogP contribution in [0.2, 0.25) is 0 Å². The van der Waals surface area contributed by atoms with E-state index in [-0.39, 0.29) is 29.5 Å². The van der Waals surface area contributed by atoms with Gasteiger partial charge in [-0.3, -0.25) is 0 Å². The van der Waals surface area contributed by atoms with Crippen molar-refractivity contribution >= 4 is 5.97 Å². The molecule has 0 saturated heterocycles. The topological polar surface area (TPSA) is 46.5 Å². The van der Waals surface area contributed by atoms with Crippen molar-refractivity contribution in [2.24, 2.45) is 11.3 Å². The summed E-state index contributed by atoms with van der Waals surface area (Å²) in [5.41, 5.74) is 2.95. The number of ether oxygens (including phenoxy) is 1. The summed E-state index contributed by atoms with van der Waals surface area (Å²) >= 11 is 0. The van der Waals surface area contributed by atoms with E-state index in [9.17, 15) is 9.90 Å². The van der Waals surface area contributed by atoms with Crippen LogP contribution in [-0.4, -0.2) is 23.3 Å². The Morgan fingerprint density at radius 2 is 2.22 bits per heavy atom. The van der Waals surface area contributed by atoms with Crippen molar-refractivity contribution in [1.29, 1.82) is 0 Å². The van der Waals surface area contributed by atoms with Crippen molar-refractivity contribution in [1.82, 2.24) is 0 Å². The zero-order chi connectivity index (χ0) is 13.1. The van der Waals surface area contributed by atoms with Crippen LogP contribution < -0.4 is 0 Å². The molecular formula is C15H20O3. The third-order valence-corrected chi connectivity index (χ3v) is 5.26. The van der Waals surface area contributed by atoms with Gasteiger partial charge in [0.15, 0.2) is 0 Å². The zero-order valence-corrected chi connectivity index (χ0v) is 11.0. The van der Waals surface area contributed by atoms with Gasteiger partial charge in [-0.1, -0.05) is 19.1 Å². The molecule has 0 aromatic carbocycles. The van der Waals surface area contributed by atoms with Crippen LogP contribution in [0.15, 0.2) is 23.3 Å². The molecule has 3 heteroatoms. The first-order valence-corrected chi connectivity index (χ1v) is 6.70. The van der Waals surface area contributed by atoms with Crippen LogP contribution in [0.5, 0.6) is 0 Å². The van der Waals surface area contributed by atoms with Crippen molar-refractivity contribution in [2.75, 3.05) is 0 Å². The van der Waals surface area contributed by atoms with Gasteiger partial charge in [0, 0.05) is 11.0 Å². The standard InChI is InChI=1S/C15H20O3/c1-8-4-5-13(16)15(3)7-12-10(6-11(8)15)9(2)14(17)18-12/h11-13,16H,1,4-7H2,2-3H3/t11-,12+,13-,15+/m1/s1. The number of aliphatic hydroxyl groups is 1. The summed E-state index contributed by atoms with van der Waals surface area (Å²) in [6, 6.07) is 0. The molecule has 0 bridgehead atoms. The molecule has 1 aliphatic heterocycles. The summed E-state index contributed by atoms with van der Waals surface area (Å²) in [6.07, 6.45) is 2.82. The smallest absolute Gasteiger partial charge is 0.334 e. The highest BCUT2D eigenvalue weighted by molar-refractivity contribution is 5.91. The molecule has 2 saturated carbocycles. The Bertz CT molecular complexity index is 462. The maximum absolute atomic E-state index is 11.6. The van der Waals surface area contributed by atoms with Gasteiger partial charge in [0.25, 0.3) is 0 Å². The second-order valence-corrected chi connectivity index (χ2v) is 6.22. The number of carbonyl (C=O) groups excluding carboxylic acids is 1. The summed E-state index contributed by atoms with van der Waals surface area (Å²) in [5, 5.41) is 10.3. The van der Waals surface area contributed by atoms with E-state index in [0.717, 1.165) is 36.8 Å². The highest BCUT2D eigenvalue weighted by Crippen LogP contribution is 2.55. The van der Waals surface area contributed by atoms with E-state index >= 15 is 0 Å². The molecule has 1 heterocycles. The molecule has 0 radical (unpaired) electrons. The normalized spacial score (nSPS) is 43.6. The third kappa shape index (κ3) is 1.43. The van der Waals surface area contributed by atoms with Gasteiger partial charge in [0.1, 0.15) is 6.10 Å². The molecule has 2 fully saturated rings. The Hall–Kier alpha value is -1.09. The number of allylic oxidation sites excluding steroid dienone is 1. The third-order valence-electron chi connectivity index (χ3n) is 5.26. The lowest BCUT2D eigenvalue weighted by Crippen LogP contribution is -2.49. The van der Waals surface area contributed by atoms with Crippen molar-refractivity contribution in [2.45, 2.75) is 51.7 Å². The lowest BCUT2D eigenvalue weighted by molar-refractivity contribution is -0.144. The first-order chi connectivity index (χ1) is 8.43. The molecule has 4 atom stereocenters. The minimum absolute atomic E-state index is 0.112. The molecule has 98 valence electrons. The van der Waals surface area contributed by atoms with Crippen molar-refractivity contribution in [3.8, 4) is 0 Å². The first kappa shape index (κ1) is 12.0. The molecule has 0 spiro atoms. The average molecular weight is 248 g/mol. The second kappa shape index (κ2) is 3.70. The van der Waals surface area contributed by atoms with Gasteiger partial charge in [-0.05, 0) is 44.1 Å².